The van der Waals surface area contributed by atoms with Crippen molar-refractivity contribution in [2.75, 3.05) is 6.61 Å². The highest BCUT2D eigenvalue weighted by molar-refractivity contribution is 6.53. The summed E-state index contributed by atoms with van der Waals surface area (Å²) >= 11 is 22.4. The minimum atomic E-state index is -1.55. The first-order valence-corrected chi connectivity index (χ1v) is 8.45. The Morgan fingerprint density at radius 1 is 0.759 bits per heavy atom. The topological polar surface area (TPSA) is 190 Å². The zero-order chi connectivity index (χ0) is 23.5. The number of carboxylic acids is 4. The second kappa shape index (κ2) is 14.0. The first kappa shape index (κ1) is 29.1. The van der Waals surface area contributed by atoms with Gasteiger partial charge >= 0.3 is 23.9 Å². The quantitative estimate of drug-likeness (QED) is 0.201. The van der Waals surface area contributed by atoms with Gasteiger partial charge in [-0.2, -0.15) is 0 Å². The summed E-state index contributed by atoms with van der Waals surface area (Å²) in [6.45, 7) is 1.39. The zero-order valence-corrected chi connectivity index (χ0v) is 17.3. The third-order valence-corrected chi connectivity index (χ3v) is 4.13. The third kappa shape index (κ3) is 10.9. The van der Waals surface area contributed by atoms with E-state index in [4.69, 9.17) is 77.0 Å². The summed E-state index contributed by atoms with van der Waals surface area (Å²) in [5.41, 5.74) is -1.37. The van der Waals surface area contributed by atoms with Crippen molar-refractivity contribution in [1.82, 2.24) is 0 Å². The number of hydrogen-bond acceptors (Lipinski definition) is 6. The fourth-order valence-corrected chi connectivity index (χ4v) is 2.19. The van der Waals surface area contributed by atoms with E-state index in [1.165, 1.54) is 6.92 Å². The van der Waals surface area contributed by atoms with Crippen LogP contribution in [0.15, 0.2) is 12.2 Å². The Morgan fingerprint density at radius 2 is 1.00 bits per heavy atom. The van der Waals surface area contributed by atoms with Crippen molar-refractivity contribution in [3.05, 3.63) is 43.4 Å². The first-order valence-electron chi connectivity index (χ1n) is 6.94. The van der Waals surface area contributed by atoms with Crippen LogP contribution in [0.1, 0.15) is 27.6 Å². The van der Waals surface area contributed by atoms with Gasteiger partial charge in [-0.25, -0.2) is 19.2 Å². The minimum absolute atomic E-state index is 0.139. The molecular formula is C15H14Cl4O10. The second-order valence-electron chi connectivity index (χ2n) is 4.66. The molecule has 1 aromatic carbocycles. The fourth-order valence-electron chi connectivity index (χ4n) is 1.18. The van der Waals surface area contributed by atoms with Crippen LogP contribution in [-0.4, -0.2) is 67.2 Å². The van der Waals surface area contributed by atoms with Crippen molar-refractivity contribution in [3.63, 3.8) is 0 Å². The summed E-state index contributed by atoms with van der Waals surface area (Å²) in [4.78, 5) is 40.8. The molecule has 29 heavy (non-hydrogen) atoms. The standard InChI is InChI=1S/C8H2Cl4O4.C4H4O4.C3H8O2/c9-3-1(7(13)14)2(8(15)16)4(10)6(12)5(3)11;5-3(6)1-2-4(7)8;1-3(5)2-4/h(H,13,14)(H,15,16);1-2H,(H,5,6)(H,7,8);3-5H,2H2,1H3. The molecule has 14 heteroatoms. The van der Waals surface area contributed by atoms with Gasteiger partial charge in [-0.3, -0.25) is 0 Å². The van der Waals surface area contributed by atoms with Crippen molar-refractivity contribution in [3.8, 4) is 0 Å². The molecule has 0 aromatic heterocycles. The third-order valence-electron chi connectivity index (χ3n) is 2.33. The summed E-state index contributed by atoms with van der Waals surface area (Å²) in [6.07, 6.45) is 0.556. The van der Waals surface area contributed by atoms with E-state index in [1.54, 1.807) is 0 Å². The average Bonchev–Trinajstić information content (AvgIpc) is 2.61. The molecule has 0 heterocycles. The summed E-state index contributed by atoms with van der Waals surface area (Å²) < 4.78 is 0. The van der Waals surface area contributed by atoms with E-state index < -0.39 is 51.2 Å². The molecule has 10 nitrogen and oxygen atoms in total. The van der Waals surface area contributed by atoms with Gasteiger partial charge in [0.2, 0.25) is 0 Å². The maximum absolute atomic E-state index is 10.9. The number of hydrogen-bond donors (Lipinski definition) is 6. The number of aliphatic hydroxyl groups excluding tert-OH is 2. The maximum atomic E-state index is 10.9. The highest BCUT2D eigenvalue weighted by Crippen LogP contribution is 2.41. The van der Waals surface area contributed by atoms with Crippen LogP contribution in [0, 0.1) is 0 Å². The Balaban J connectivity index is 0. The van der Waals surface area contributed by atoms with Gasteiger partial charge < -0.3 is 30.6 Å². The summed E-state index contributed by atoms with van der Waals surface area (Å²) in [5, 5.41) is 47.8. The Kier molecular flexibility index (Phi) is 14.0. The largest absolute Gasteiger partial charge is 0.478 e. The lowest BCUT2D eigenvalue weighted by Gasteiger charge is -2.10. The van der Waals surface area contributed by atoms with Crippen molar-refractivity contribution in [2.45, 2.75) is 13.0 Å². The van der Waals surface area contributed by atoms with Crippen molar-refractivity contribution < 1.29 is 49.8 Å². The molecule has 162 valence electrons. The van der Waals surface area contributed by atoms with Gasteiger partial charge in [0.15, 0.2) is 0 Å². The van der Waals surface area contributed by atoms with Gasteiger partial charge in [0.25, 0.3) is 0 Å². The number of aliphatic carboxylic acids is 2. The molecule has 0 aliphatic rings. The molecule has 0 bridgehead atoms. The smallest absolute Gasteiger partial charge is 0.338 e. The normalized spacial score (nSPS) is 10.9. The van der Waals surface area contributed by atoms with E-state index >= 15 is 0 Å². The number of carbonyl (C=O) groups is 4. The molecule has 0 aliphatic carbocycles. The van der Waals surface area contributed by atoms with Gasteiger partial charge in [0.1, 0.15) is 0 Å². The Hall–Kier alpha value is -2.08. The van der Waals surface area contributed by atoms with E-state index in [0.29, 0.717) is 12.2 Å². The number of rotatable bonds is 5. The number of halogens is 4. The first-order chi connectivity index (χ1) is 13.2. The minimum Gasteiger partial charge on any atom is -0.478 e. The number of benzene rings is 1. The molecule has 6 N–H and O–H groups in total. The van der Waals surface area contributed by atoms with Crippen LogP contribution in [0.4, 0.5) is 0 Å². The second-order valence-corrected chi connectivity index (χ2v) is 6.17. The van der Waals surface area contributed by atoms with Gasteiger partial charge in [-0.05, 0) is 6.92 Å². The van der Waals surface area contributed by atoms with Gasteiger partial charge in [-0.1, -0.05) is 46.4 Å². The molecule has 0 amide bonds. The van der Waals surface area contributed by atoms with Crippen LogP contribution in [0.25, 0.3) is 0 Å². The summed E-state index contributed by atoms with van der Waals surface area (Å²) in [6, 6.07) is 0. The molecule has 0 spiro atoms. The van der Waals surface area contributed by atoms with E-state index in [2.05, 4.69) is 0 Å². The van der Waals surface area contributed by atoms with Crippen molar-refractivity contribution in [2.24, 2.45) is 0 Å². The molecule has 1 aromatic rings. The number of aliphatic hydroxyl groups is 2. The lowest BCUT2D eigenvalue weighted by molar-refractivity contribution is -0.134. The van der Waals surface area contributed by atoms with Gasteiger partial charge in [-0.15, -0.1) is 0 Å². The maximum Gasteiger partial charge on any atom is 0.338 e. The monoisotopic (exact) mass is 494 g/mol. The van der Waals surface area contributed by atoms with Crippen molar-refractivity contribution >= 4 is 70.3 Å². The molecule has 0 fully saturated rings. The lowest BCUT2D eigenvalue weighted by Crippen LogP contribution is -2.10. The van der Waals surface area contributed by atoms with E-state index in [-0.39, 0.29) is 16.7 Å². The van der Waals surface area contributed by atoms with E-state index in [0.717, 1.165) is 0 Å². The van der Waals surface area contributed by atoms with Crippen LogP contribution in [0.2, 0.25) is 20.1 Å². The summed E-state index contributed by atoms with van der Waals surface area (Å²) in [5.74, 6) is -5.62. The van der Waals surface area contributed by atoms with Crippen LogP contribution >= 0.6 is 46.4 Å². The van der Waals surface area contributed by atoms with Crippen LogP contribution < -0.4 is 0 Å². The molecule has 1 unspecified atom stereocenters. The predicted octanol–water partition coefficient (Wildman–Crippen LogP) is 2.77. The molecule has 0 saturated carbocycles. The molecule has 1 rings (SSSR count). The highest BCUT2D eigenvalue weighted by atomic mass is 35.5. The van der Waals surface area contributed by atoms with Gasteiger partial charge in [0, 0.05) is 12.2 Å². The average molecular weight is 496 g/mol. The highest BCUT2D eigenvalue weighted by Gasteiger charge is 2.28. The van der Waals surface area contributed by atoms with Crippen molar-refractivity contribution in [1.29, 1.82) is 0 Å². The zero-order valence-electron chi connectivity index (χ0n) is 14.3. The number of aromatic carboxylic acids is 2. The van der Waals surface area contributed by atoms with Gasteiger partial charge in [0.05, 0.1) is 43.9 Å². The Bertz CT molecular complexity index is 744. The van der Waals surface area contributed by atoms with Crippen LogP contribution in [0.3, 0.4) is 0 Å². The SMILES string of the molecule is CC(O)CO.O=C(O)C=CC(=O)O.O=C(O)c1c(Cl)c(Cl)c(Cl)c(Cl)c1C(=O)O. The predicted molar refractivity (Wildman–Crippen MR) is 104 cm³/mol. The van der Waals surface area contributed by atoms with E-state index in [1.807, 2.05) is 0 Å². The fraction of sp³-hybridized carbons (Fsp3) is 0.200. The summed E-state index contributed by atoms with van der Waals surface area (Å²) in [7, 11) is 0. The number of carboxylic acid groups (broad SMARTS) is 4. The van der Waals surface area contributed by atoms with Crippen LogP contribution in [0.5, 0.6) is 0 Å². The molecule has 0 radical (unpaired) electrons. The molecule has 0 saturated heterocycles. The molecular weight excluding hydrogens is 482 g/mol. The molecule has 0 aliphatic heterocycles. The Labute approximate surface area is 183 Å². The van der Waals surface area contributed by atoms with E-state index in [9.17, 15) is 19.2 Å². The van der Waals surface area contributed by atoms with Crippen LogP contribution in [-0.2, 0) is 9.59 Å². The Morgan fingerprint density at radius 3 is 1.14 bits per heavy atom. The lowest BCUT2D eigenvalue weighted by atomic mass is 10.1. The molecule has 1 atom stereocenters.